The number of imidazole rings is 1. The molecule has 0 saturated carbocycles. The number of anilines is 1. The van der Waals surface area contributed by atoms with Crippen molar-refractivity contribution in [2.75, 3.05) is 11.9 Å². The summed E-state index contributed by atoms with van der Waals surface area (Å²) in [6, 6.07) is 5.78. The van der Waals surface area contributed by atoms with Crippen LogP contribution in [0.5, 0.6) is 0 Å². The number of hydrogen-bond donors (Lipinski definition) is 2. The molecule has 0 atom stereocenters. The number of urea groups is 1. The molecule has 1 aromatic carbocycles. The van der Waals surface area contributed by atoms with Crippen molar-refractivity contribution in [3.8, 4) is 11.4 Å². The molecule has 2 N–H and O–H groups in total. The Kier molecular flexibility index (Phi) is 4.15. The smallest absolute Gasteiger partial charge is 0.334 e. The minimum absolute atomic E-state index is 0.384. The average Bonchev–Trinajstić information content (AvgIpc) is 2.82. The third kappa shape index (κ3) is 4.23. The molecule has 0 fully saturated rings. The molecule has 1 heterocycles. The molecule has 0 aliphatic rings. The van der Waals surface area contributed by atoms with E-state index >= 15 is 0 Å². The maximum atomic E-state index is 12.0. The molecule has 8 heteroatoms. The Morgan fingerprint density at radius 2 is 2.14 bits per heavy atom. The topological polar surface area (TPSA) is 59.0 Å². The predicted octanol–water partition coefficient (Wildman–Crippen LogP) is 2.77. The van der Waals surface area contributed by atoms with E-state index < -0.39 is 18.8 Å². The highest BCUT2D eigenvalue weighted by molar-refractivity contribution is 5.89. The molecular formula is C13H13F3N4O. The molecule has 5 nitrogen and oxygen atoms in total. The Bertz CT molecular complexity index is 636. The summed E-state index contributed by atoms with van der Waals surface area (Å²) in [6.45, 7) is -1.38. The van der Waals surface area contributed by atoms with Crippen molar-refractivity contribution < 1.29 is 18.0 Å². The molecule has 2 rings (SSSR count). The molecule has 0 aliphatic heterocycles. The fourth-order valence-electron chi connectivity index (χ4n) is 1.74. The molecule has 21 heavy (non-hydrogen) atoms. The molecule has 0 spiro atoms. The lowest BCUT2D eigenvalue weighted by molar-refractivity contribution is -0.122. The summed E-state index contributed by atoms with van der Waals surface area (Å²) < 4.78 is 37.8. The first-order valence-electron chi connectivity index (χ1n) is 6.04. The monoisotopic (exact) mass is 298 g/mol. The molecule has 0 saturated heterocycles. The highest BCUT2D eigenvalue weighted by Crippen LogP contribution is 2.20. The van der Waals surface area contributed by atoms with Crippen LogP contribution >= 0.6 is 0 Å². The Balaban J connectivity index is 2.05. The normalized spacial score (nSPS) is 11.2. The van der Waals surface area contributed by atoms with E-state index in [1.807, 2.05) is 7.05 Å². The van der Waals surface area contributed by atoms with Crippen molar-refractivity contribution in [2.24, 2.45) is 7.05 Å². The quantitative estimate of drug-likeness (QED) is 0.915. The first kappa shape index (κ1) is 14.9. The number of benzene rings is 1. The van der Waals surface area contributed by atoms with Crippen molar-refractivity contribution in [1.29, 1.82) is 0 Å². The zero-order chi connectivity index (χ0) is 15.5. The van der Waals surface area contributed by atoms with Gasteiger partial charge in [0.05, 0.1) is 0 Å². The summed E-state index contributed by atoms with van der Waals surface area (Å²) in [4.78, 5) is 15.5. The number of aromatic nitrogens is 2. The van der Waals surface area contributed by atoms with Crippen LogP contribution in [0.4, 0.5) is 23.7 Å². The summed E-state index contributed by atoms with van der Waals surface area (Å²) in [7, 11) is 1.82. The van der Waals surface area contributed by atoms with Crippen LogP contribution in [0.3, 0.4) is 0 Å². The van der Waals surface area contributed by atoms with Gasteiger partial charge in [-0.1, -0.05) is 12.1 Å². The molecule has 2 aromatic rings. The number of alkyl halides is 3. The highest BCUT2D eigenvalue weighted by Gasteiger charge is 2.27. The van der Waals surface area contributed by atoms with E-state index in [-0.39, 0.29) is 0 Å². The lowest BCUT2D eigenvalue weighted by atomic mass is 10.2. The van der Waals surface area contributed by atoms with E-state index in [0.29, 0.717) is 11.5 Å². The van der Waals surface area contributed by atoms with Gasteiger partial charge in [0.2, 0.25) is 0 Å². The number of carbonyl (C=O) groups excluding carboxylic acids is 1. The number of hydrogen-bond acceptors (Lipinski definition) is 2. The van der Waals surface area contributed by atoms with E-state index in [9.17, 15) is 18.0 Å². The van der Waals surface area contributed by atoms with Crippen LogP contribution in [0, 0.1) is 0 Å². The number of nitrogens with zero attached hydrogens (tertiary/aromatic N) is 2. The van der Waals surface area contributed by atoms with Gasteiger partial charge in [-0.25, -0.2) is 9.78 Å². The van der Waals surface area contributed by atoms with Gasteiger partial charge in [-0.15, -0.1) is 0 Å². The zero-order valence-electron chi connectivity index (χ0n) is 11.1. The maximum Gasteiger partial charge on any atom is 0.405 e. The van der Waals surface area contributed by atoms with Gasteiger partial charge in [0.15, 0.2) is 0 Å². The molecule has 112 valence electrons. The second kappa shape index (κ2) is 5.86. The van der Waals surface area contributed by atoms with Gasteiger partial charge in [-0.05, 0) is 12.1 Å². The van der Waals surface area contributed by atoms with Gasteiger partial charge < -0.3 is 15.2 Å². The largest absolute Gasteiger partial charge is 0.405 e. The van der Waals surface area contributed by atoms with Gasteiger partial charge in [0.25, 0.3) is 0 Å². The second-order valence-corrected chi connectivity index (χ2v) is 4.37. The number of rotatable bonds is 3. The Labute approximate surface area is 118 Å². The summed E-state index contributed by atoms with van der Waals surface area (Å²) in [6.07, 6.45) is -1.04. The molecule has 1 aromatic heterocycles. The standard InChI is InChI=1S/C13H13F3N4O/c1-20-6-5-17-11(20)9-3-2-4-10(7-9)19-12(21)18-8-13(14,15)16/h2-7H,8H2,1H3,(H2,18,19,21). The predicted molar refractivity (Wildman–Crippen MR) is 71.7 cm³/mol. The summed E-state index contributed by atoms with van der Waals surface area (Å²) in [5, 5.41) is 4.09. The second-order valence-electron chi connectivity index (χ2n) is 4.37. The lowest BCUT2D eigenvalue weighted by Gasteiger charge is -2.10. The first-order chi connectivity index (χ1) is 9.85. The fraction of sp³-hybridized carbons (Fsp3) is 0.231. The van der Waals surface area contributed by atoms with Gasteiger partial charge in [0.1, 0.15) is 12.4 Å². The molecule has 0 bridgehead atoms. The number of nitrogens with one attached hydrogen (secondary N) is 2. The highest BCUT2D eigenvalue weighted by atomic mass is 19.4. The zero-order valence-corrected chi connectivity index (χ0v) is 11.1. The first-order valence-corrected chi connectivity index (χ1v) is 6.04. The molecule has 0 radical (unpaired) electrons. The van der Waals surface area contributed by atoms with Gasteiger partial charge in [0, 0.05) is 30.7 Å². The van der Waals surface area contributed by atoms with Gasteiger partial charge >= 0.3 is 12.2 Å². The number of carbonyl (C=O) groups is 1. The van der Waals surface area contributed by atoms with Gasteiger partial charge in [-0.3, -0.25) is 0 Å². The summed E-state index contributed by atoms with van der Waals surface area (Å²) in [5.74, 6) is 0.689. The average molecular weight is 298 g/mol. The van der Waals surface area contributed by atoms with Crippen LogP contribution in [0.25, 0.3) is 11.4 Å². The fourth-order valence-corrected chi connectivity index (χ4v) is 1.74. The third-order valence-electron chi connectivity index (χ3n) is 2.65. The van der Waals surface area contributed by atoms with E-state index in [1.54, 1.807) is 46.5 Å². The van der Waals surface area contributed by atoms with Crippen molar-refractivity contribution >= 4 is 11.7 Å². The number of amides is 2. The van der Waals surface area contributed by atoms with Crippen LogP contribution in [-0.2, 0) is 7.05 Å². The van der Waals surface area contributed by atoms with Crippen molar-refractivity contribution in [1.82, 2.24) is 14.9 Å². The van der Waals surface area contributed by atoms with Crippen molar-refractivity contribution in [3.05, 3.63) is 36.7 Å². The van der Waals surface area contributed by atoms with Crippen LogP contribution < -0.4 is 10.6 Å². The van der Waals surface area contributed by atoms with Crippen LogP contribution in [-0.4, -0.2) is 28.3 Å². The van der Waals surface area contributed by atoms with Crippen molar-refractivity contribution in [3.63, 3.8) is 0 Å². The van der Waals surface area contributed by atoms with E-state index in [1.165, 1.54) is 0 Å². The van der Waals surface area contributed by atoms with E-state index in [2.05, 4.69) is 10.3 Å². The maximum absolute atomic E-state index is 12.0. The Hall–Kier alpha value is -2.51. The van der Waals surface area contributed by atoms with Gasteiger partial charge in [-0.2, -0.15) is 13.2 Å². The lowest BCUT2D eigenvalue weighted by Crippen LogP contribution is -2.36. The summed E-state index contributed by atoms with van der Waals surface area (Å²) >= 11 is 0. The van der Waals surface area contributed by atoms with Crippen LogP contribution in [0.1, 0.15) is 0 Å². The number of halogens is 3. The summed E-state index contributed by atoms with van der Waals surface area (Å²) in [5.41, 5.74) is 1.13. The molecule has 0 aliphatic carbocycles. The third-order valence-corrected chi connectivity index (χ3v) is 2.65. The Morgan fingerprint density at radius 1 is 1.38 bits per heavy atom. The Morgan fingerprint density at radius 3 is 2.76 bits per heavy atom. The number of aryl methyl sites for hydroxylation is 1. The van der Waals surface area contributed by atoms with Crippen LogP contribution in [0.15, 0.2) is 36.7 Å². The van der Waals surface area contributed by atoms with Crippen molar-refractivity contribution in [2.45, 2.75) is 6.18 Å². The molecular weight excluding hydrogens is 285 g/mol. The van der Waals surface area contributed by atoms with E-state index in [0.717, 1.165) is 5.56 Å². The van der Waals surface area contributed by atoms with Crippen LogP contribution in [0.2, 0.25) is 0 Å². The SMILES string of the molecule is Cn1ccnc1-c1cccc(NC(=O)NCC(F)(F)F)c1. The molecule has 0 unspecified atom stereocenters. The van der Waals surface area contributed by atoms with E-state index in [4.69, 9.17) is 0 Å². The molecule has 2 amide bonds. The minimum atomic E-state index is -4.44. The minimum Gasteiger partial charge on any atom is -0.334 e.